The van der Waals surface area contributed by atoms with Crippen molar-refractivity contribution in [3.63, 3.8) is 0 Å². The van der Waals surface area contributed by atoms with Gasteiger partial charge in [0.25, 0.3) is 17.7 Å². The summed E-state index contributed by atoms with van der Waals surface area (Å²) in [4.78, 5) is 85.9. The number of anilines is 3. The molecular weight excluding hydrogens is 1040 g/mol. The molecule has 1 atom stereocenters. The van der Waals surface area contributed by atoms with Crippen LogP contribution in [0.25, 0.3) is 5.65 Å². The van der Waals surface area contributed by atoms with E-state index in [2.05, 4.69) is 37.7 Å². The first kappa shape index (κ1) is 55.3. The smallest absolute Gasteiger partial charge is 0.382 e. The SMILES string of the molecule is Cc1c(C#Cc2cnc3ccc(N4CCC(OC5CCN(C(=O)CCOCCOCCOCCNc6cccc7c6C(=O)N(C6CCC(=O)NC6=O)C7=O)CC5)CC4)nn23)cccc1C(=O)Nc1cc(Cl)cc(C(F)(F)F)c1. The highest BCUT2D eigenvalue weighted by Crippen LogP contribution is 2.35. The van der Waals surface area contributed by atoms with Crippen LogP contribution in [0.5, 0.6) is 0 Å². The predicted molar refractivity (Wildman–Crippen MR) is 279 cm³/mol. The van der Waals surface area contributed by atoms with Crippen molar-refractivity contribution in [2.45, 2.75) is 76.3 Å². The molecule has 0 radical (unpaired) electrons. The highest BCUT2D eigenvalue weighted by molar-refractivity contribution is 6.31. The fourth-order valence-corrected chi connectivity index (χ4v) is 10.0. The second-order valence-electron chi connectivity index (χ2n) is 19.1. The number of rotatable bonds is 19. The number of imide groups is 2. The van der Waals surface area contributed by atoms with E-state index >= 15 is 0 Å². The summed E-state index contributed by atoms with van der Waals surface area (Å²) in [5.74, 6) is 4.18. The van der Waals surface area contributed by atoms with Crippen molar-refractivity contribution in [1.82, 2.24) is 29.7 Å². The Hall–Kier alpha value is -7.42. The Morgan fingerprint density at radius 2 is 1.53 bits per heavy atom. The van der Waals surface area contributed by atoms with Crippen molar-refractivity contribution in [3.8, 4) is 11.8 Å². The molecule has 3 N–H and O–H groups in total. The molecule has 1 unspecified atom stereocenters. The number of fused-ring (bicyclic) bond motifs is 2. The van der Waals surface area contributed by atoms with E-state index in [0.717, 1.165) is 61.6 Å². The summed E-state index contributed by atoms with van der Waals surface area (Å²) in [7, 11) is 0. The third kappa shape index (κ3) is 13.3. The molecule has 4 aliphatic heterocycles. The Morgan fingerprint density at radius 3 is 2.26 bits per heavy atom. The minimum Gasteiger partial charge on any atom is -0.382 e. The average Bonchev–Trinajstić information content (AvgIpc) is 3.97. The number of hydrogen-bond donors (Lipinski definition) is 3. The maximum atomic E-state index is 13.4. The van der Waals surface area contributed by atoms with Crippen molar-refractivity contribution >= 4 is 69.9 Å². The van der Waals surface area contributed by atoms with Gasteiger partial charge < -0.3 is 39.4 Å². The van der Waals surface area contributed by atoms with E-state index in [1.165, 1.54) is 12.1 Å². The molecule has 19 nitrogen and oxygen atoms in total. The number of benzene rings is 3. The zero-order valence-corrected chi connectivity index (χ0v) is 43.4. The van der Waals surface area contributed by atoms with Crippen molar-refractivity contribution in [2.24, 2.45) is 0 Å². The molecule has 0 spiro atoms. The quantitative estimate of drug-likeness (QED) is 0.0471. The van der Waals surface area contributed by atoms with Crippen molar-refractivity contribution in [2.75, 3.05) is 87.9 Å². The highest BCUT2D eigenvalue weighted by Gasteiger charge is 2.45. The topological polar surface area (TPSA) is 215 Å². The Kier molecular flexibility index (Phi) is 17.7. The summed E-state index contributed by atoms with van der Waals surface area (Å²) >= 11 is 5.92. The number of nitrogens with zero attached hydrogens (tertiary/aromatic N) is 6. The summed E-state index contributed by atoms with van der Waals surface area (Å²) in [6.07, 6.45) is 0.679. The van der Waals surface area contributed by atoms with Gasteiger partial charge in [0.2, 0.25) is 17.7 Å². The van der Waals surface area contributed by atoms with Crippen LogP contribution in [-0.4, -0.2) is 150 Å². The van der Waals surface area contributed by atoms with Crippen LogP contribution in [0.3, 0.4) is 0 Å². The van der Waals surface area contributed by atoms with Gasteiger partial charge in [-0.15, -0.1) is 5.10 Å². The fourth-order valence-electron chi connectivity index (χ4n) is 9.80. The van der Waals surface area contributed by atoms with E-state index in [1.807, 2.05) is 17.0 Å². The Morgan fingerprint density at radius 1 is 0.821 bits per heavy atom. The van der Waals surface area contributed by atoms with Crippen LogP contribution in [-0.2, 0) is 39.5 Å². The van der Waals surface area contributed by atoms with Crippen LogP contribution in [0, 0.1) is 18.8 Å². The Bertz CT molecular complexity index is 3150. The van der Waals surface area contributed by atoms with Gasteiger partial charge in [0.1, 0.15) is 17.6 Å². The van der Waals surface area contributed by atoms with E-state index in [0.29, 0.717) is 80.8 Å². The monoisotopic (exact) mass is 1100 g/mol. The lowest BCUT2D eigenvalue weighted by molar-refractivity contribution is -0.138. The van der Waals surface area contributed by atoms with Crippen molar-refractivity contribution in [1.29, 1.82) is 0 Å². The van der Waals surface area contributed by atoms with Crippen LogP contribution in [0.15, 0.2) is 72.9 Å². The Balaban J connectivity index is 0.629. The van der Waals surface area contributed by atoms with E-state index in [4.69, 9.17) is 35.6 Å². The molecule has 2 aromatic heterocycles. The van der Waals surface area contributed by atoms with E-state index < -0.39 is 47.3 Å². The molecule has 3 saturated heterocycles. The second-order valence-corrected chi connectivity index (χ2v) is 19.5. The molecule has 9 rings (SSSR count). The number of hydrogen-bond acceptors (Lipinski definition) is 14. The first-order valence-corrected chi connectivity index (χ1v) is 26.1. The number of aromatic nitrogens is 3. The van der Waals surface area contributed by atoms with E-state index in [1.54, 1.807) is 48.0 Å². The molecule has 5 aromatic rings. The molecule has 0 bridgehead atoms. The minimum atomic E-state index is -4.63. The van der Waals surface area contributed by atoms with Crippen LogP contribution >= 0.6 is 11.6 Å². The summed E-state index contributed by atoms with van der Waals surface area (Å²) < 4.78 is 65.2. The maximum absolute atomic E-state index is 13.4. The summed E-state index contributed by atoms with van der Waals surface area (Å²) in [6.45, 7) is 6.67. The second kappa shape index (κ2) is 24.9. The van der Waals surface area contributed by atoms with Gasteiger partial charge in [-0.25, -0.2) is 9.50 Å². The summed E-state index contributed by atoms with van der Waals surface area (Å²) in [5.41, 5.74) is 2.25. The fraction of sp³-hybridized carbons (Fsp3) is 0.418. The molecule has 4 aliphatic rings. The summed E-state index contributed by atoms with van der Waals surface area (Å²) in [5, 5.41) is 12.6. The largest absolute Gasteiger partial charge is 0.416 e. The van der Waals surface area contributed by atoms with Gasteiger partial charge in [-0.1, -0.05) is 29.7 Å². The van der Waals surface area contributed by atoms with Gasteiger partial charge >= 0.3 is 6.18 Å². The number of likely N-dealkylation sites (tertiary alicyclic amines) is 1. The lowest BCUT2D eigenvalue weighted by Gasteiger charge is -2.37. The molecule has 0 saturated carbocycles. The number of imidazole rings is 1. The van der Waals surface area contributed by atoms with Crippen LogP contribution in [0.2, 0.25) is 5.02 Å². The molecule has 3 aromatic carbocycles. The zero-order chi connectivity index (χ0) is 54.9. The number of carbonyl (C=O) groups is 6. The number of nitrogens with one attached hydrogen (secondary N) is 3. The third-order valence-electron chi connectivity index (χ3n) is 13.9. The molecular formula is C55H57ClF3N9O10. The number of ether oxygens (including phenoxy) is 4. The molecule has 23 heteroatoms. The molecule has 78 heavy (non-hydrogen) atoms. The molecule has 0 aliphatic carbocycles. The van der Waals surface area contributed by atoms with Crippen LogP contribution in [0.1, 0.15) is 98.4 Å². The predicted octanol–water partition coefficient (Wildman–Crippen LogP) is 6.29. The molecule has 410 valence electrons. The zero-order valence-electron chi connectivity index (χ0n) is 42.7. The van der Waals surface area contributed by atoms with E-state index in [9.17, 15) is 41.9 Å². The van der Waals surface area contributed by atoms with Crippen molar-refractivity contribution < 1.29 is 60.9 Å². The molecule has 3 fully saturated rings. The first-order valence-electron chi connectivity index (χ1n) is 25.8. The third-order valence-corrected chi connectivity index (χ3v) is 14.1. The van der Waals surface area contributed by atoms with Crippen LogP contribution in [0.4, 0.5) is 30.4 Å². The molecule has 6 amide bonds. The lowest BCUT2D eigenvalue weighted by atomic mass is 10.0. The van der Waals surface area contributed by atoms with Gasteiger partial charge in [0.05, 0.1) is 81.2 Å². The molecule has 6 heterocycles. The van der Waals surface area contributed by atoms with Crippen LogP contribution < -0.4 is 20.9 Å². The average molecular weight is 1100 g/mol. The van der Waals surface area contributed by atoms with Gasteiger partial charge in [-0.2, -0.15) is 13.2 Å². The number of halogens is 4. The normalized spacial score (nSPS) is 17.3. The first-order chi connectivity index (χ1) is 37.6. The number of alkyl halides is 3. The van der Waals surface area contributed by atoms with Gasteiger partial charge in [0.15, 0.2) is 5.65 Å². The number of piperidine rings is 3. The van der Waals surface area contributed by atoms with Gasteiger partial charge in [-0.3, -0.25) is 39.0 Å². The highest BCUT2D eigenvalue weighted by atomic mass is 35.5. The number of carbonyl (C=O) groups excluding carboxylic acids is 6. The lowest BCUT2D eigenvalue weighted by Crippen LogP contribution is -2.54. The van der Waals surface area contributed by atoms with Crippen molar-refractivity contribution in [3.05, 3.63) is 117 Å². The number of amides is 6. The maximum Gasteiger partial charge on any atom is 0.416 e. The Labute approximate surface area is 452 Å². The standard InChI is InChI=1S/C55H57ClF3N9O10/c1-34-35(4-2-5-42(34)51(71)62-38-31-36(55(57,58)59)30-37(56)32-38)8-9-39-33-61-46-11-12-47(64-68(39)46)65-20-14-40(15-21-65)78-41-16-22-66(23-17-41)49(70)18-24-75-26-28-77-29-27-76-25-19-60-44-7-3-6-43-50(44)54(74)67(53(43)73)45-10-13-48(69)63-52(45)72/h2-7,11-12,30-33,40-41,45,60H,10,13-29H2,1H3,(H,62,71)(H,63,69,72). The minimum absolute atomic E-state index is 0.0412. The van der Waals surface area contributed by atoms with Gasteiger partial charge in [-0.05, 0) is 105 Å². The van der Waals surface area contributed by atoms with Gasteiger partial charge in [0, 0.05) is 66.7 Å². The van der Waals surface area contributed by atoms with E-state index in [-0.39, 0.29) is 71.4 Å². The summed E-state index contributed by atoms with van der Waals surface area (Å²) in [6, 6.07) is 15.5.